The summed E-state index contributed by atoms with van der Waals surface area (Å²) in [4.78, 5) is 19.2. The molecule has 7 heteroatoms. The van der Waals surface area contributed by atoms with Gasteiger partial charge in [0.1, 0.15) is 11.5 Å². The number of nitrogens with zero attached hydrogens (tertiary/aromatic N) is 1. The standard InChI is InChI=1S/C17H24N4O3/c1-3-13(10-23)21-16-7-14(11(2)8-20-16)12-6-15(19-9-12)17(24)18-4-5-22/h6-9,13,19,22-23H,3-5,10H2,1-2H3,(H,18,24)(H,20,21)/t13-/m0/s1. The van der Waals surface area contributed by atoms with E-state index in [1.54, 1.807) is 18.5 Å². The molecule has 0 saturated heterocycles. The van der Waals surface area contributed by atoms with Crippen LogP contribution < -0.4 is 10.6 Å². The minimum atomic E-state index is -0.258. The van der Waals surface area contributed by atoms with Crippen molar-refractivity contribution in [2.45, 2.75) is 26.3 Å². The summed E-state index contributed by atoms with van der Waals surface area (Å²) in [5, 5.41) is 23.9. The van der Waals surface area contributed by atoms with Gasteiger partial charge in [0.2, 0.25) is 0 Å². The van der Waals surface area contributed by atoms with Crippen LogP contribution in [0.3, 0.4) is 0 Å². The summed E-state index contributed by atoms with van der Waals surface area (Å²) >= 11 is 0. The molecule has 130 valence electrons. The number of hydrogen-bond acceptors (Lipinski definition) is 5. The number of aromatic amines is 1. The quantitative estimate of drug-likeness (QED) is 0.500. The topological polar surface area (TPSA) is 110 Å². The predicted octanol–water partition coefficient (Wildman–Crippen LogP) is 1.29. The highest BCUT2D eigenvalue weighted by Gasteiger charge is 2.12. The molecule has 0 aliphatic carbocycles. The zero-order chi connectivity index (χ0) is 17.5. The molecule has 0 radical (unpaired) electrons. The molecule has 2 aromatic rings. The normalized spacial score (nSPS) is 12.0. The molecule has 0 bridgehead atoms. The molecule has 0 spiro atoms. The summed E-state index contributed by atoms with van der Waals surface area (Å²) < 4.78 is 0. The molecule has 0 saturated carbocycles. The third-order valence-electron chi connectivity index (χ3n) is 3.80. The lowest BCUT2D eigenvalue weighted by atomic mass is 10.0. The molecule has 0 aliphatic rings. The van der Waals surface area contributed by atoms with Crippen molar-refractivity contribution >= 4 is 11.7 Å². The highest BCUT2D eigenvalue weighted by Crippen LogP contribution is 2.26. The molecule has 7 nitrogen and oxygen atoms in total. The predicted molar refractivity (Wildman–Crippen MR) is 93.0 cm³/mol. The van der Waals surface area contributed by atoms with Crippen molar-refractivity contribution in [2.24, 2.45) is 0 Å². The Balaban J connectivity index is 2.22. The maximum absolute atomic E-state index is 11.9. The molecule has 0 aromatic carbocycles. The summed E-state index contributed by atoms with van der Waals surface area (Å²) in [6.07, 6.45) is 4.32. The fraction of sp³-hybridized carbons (Fsp3) is 0.412. The number of aryl methyl sites for hydroxylation is 1. The van der Waals surface area contributed by atoms with Crippen LogP contribution in [0.5, 0.6) is 0 Å². The number of H-pyrrole nitrogens is 1. The van der Waals surface area contributed by atoms with Gasteiger partial charge >= 0.3 is 0 Å². The van der Waals surface area contributed by atoms with Crippen LogP contribution in [0.4, 0.5) is 5.82 Å². The van der Waals surface area contributed by atoms with Gasteiger partial charge in [0.15, 0.2) is 0 Å². The third kappa shape index (κ3) is 4.33. The van der Waals surface area contributed by atoms with Crippen molar-refractivity contribution in [3.05, 3.63) is 35.8 Å². The Morgan fingerprint density at radius 2 is 2.17 bits per heavy atom. The zero-order valence-electron chi connectivity index (χ0n) is 14.0. The average molecular weight is 332 g/mol. The molecule has 0 fully saturated rings. The summed E-state index contributed by atoms with van der Waals surface area (Å²) in [6.45, 7) is 4.11. The number of hydrogen-bond donors (Lipinski definition) is 5. The van der Waals surface area contributed by atoms with Crippen molar-refractivity contribution in [1.82, 2.24) is 15.3 Å². The number of aliphatic hydroxyl groups is 2. The van der Waals surface area contributed by atoms with E-state index in [9.17, 15) is 9.90 Å². The fourth-order valence-electron chi connectivity index (χ4n) is 2.35. The Kier molecular flexibility index (Phi) is 6.34. The smallest absolute Gasteiger partial charge is 0.267 e. The first kappa shape index (κ1) is 18.0. The number of anilines is 1. The number of rotatable bonds is 8. The second kappa shape index (κ2) is 8.47. The molecule has 2 rings (SSSR count). The molecule has 0 aliphatic heterocycles. The third-order valence-corrected chi connectivity index (χ3v) is 3.80. The largest absolute Gasteiger partial charge is 0.395 e. The van der Waals surface area contributed by atoms with Crippen LogP contribution in [0, 0.1) is 6.92 Å². The van der Waals surface area contributed by atoms with Crippen LogP contribution in [0.15, 0.2) is 24.5 Å². The lowest BCUT2D eigenvalue weighted by Gasteiger charge is -2.15. The zero-order valence-corrected chi connectivity index (χ0v) is 14.0. The number of aliphatic hydroxyl groups excluding tert-OH is 2. The van der Waals surface area contributed by atoms with E-state index in [4.69, 9.17) is 5.11 Å². The van der Waals surface area contributed by atoms with Gasteiger partial charge in [-0.2, -0.15) is 0 Å². The maximum Gasteiger partial charge on any atom is 0.267 e. The minimum Gasteiger partial charge on any atom is -0.395 e. The molecule has 5 N–H and O–H groups in total. The van der Waals surface area contributed by atoms with E-state index < -0.39 is 0 Å². The fourth-order valence-corrected chi connectivity index (χ4v) is 2.35. The number of carbonyl (C=O) groups is 1. The van der Waals surface area contributed by atoms with Gasteiger partial charge < -0.3 is 25.8 Å². The number of pyridine rings is 1. The average Bonchev–Trinajstić information content (AvgIpc) is 3.08. The van der Waals surface area contributed by atoms with Crippen LogP contribution >= 0.6 is 0 Å². The van der Waals surface area contributed by atoms with Gasteiger partial charge in [-0.15, -0.1) is 0 Å². The first-order valence-electron chi connectivity index (χ1n) is 8.00. The first-order valence-corrected chi connectivity index (χ1v) is 8.00. The lowest BCUT2D eigenvalue weighted by Crippen LogP contribution is -2.26. The van der Waals surface area contributed by atoms with E-state index >= 15 is 0 Å². The number of nitrogens with one attached hydrogen (secondary N) is 3. The number of carbonyl (C=O) groups excluding carboxylic acids is 1. The van der Waals surface area contributed by atoms with Gasteiger partial charge in [-0.1, -0.05) is 6.92 Å². The molecule has 0 unspecified atom stereocenters. The molecular weight excluding hydrogens is 308 g/mol. The van der Waals surface area contributed by atoms with Crippen molar-refractivity contribution in [3.63, 3.8) is 0 Å². The Morgan fingerprint density at radius 3 is 2.83 bits per heavy atom. The number of aromatic nitrogens is 2. The molecular formula is C17H24N4O3. The maximum atomic E-state index is 11.9. The molecule has 24 heavy (non-hydrogen) atoms. The second-order valence-corrected chi connectivity index (χ2v) is 5.60. The van der Waals surface area contributed by atoms with Gasteiger partial charge in [0.25, 0.3) is 5.91 Å². The van der Waals surface area contributed by atoms with E-state index in [0.717, 1.165) is 23.1 Å². The summed E-state index contributed by atoms with van der Waals surface area (Å²) in [7, 11) is 0. The van der Waals surface area contributed by atoms with Gasteiger partial charge in [0, 0.05) is 24.5 Å². The SMILES string of the molecule is CC[C@@H](CO)Nc1cc(-c2c[nH]c(C(=O)NCCO)c2)c(C)cn1. The van der Waals surface area contributed by atoms with Gasteiger partial charge in [-0.05, 0) is 36.6 Å². The Hall–Kier alpha value is -2.38. The molecule has 1 amide bonds. The van der Waals surface area contributed by atoms with Crippen LogP contribution in [0.1, 0.15) is 29.4 Å². The van der Waals surface area contributed by atoms with E-state index in [0.29, 0.717) is 11.5 Å². The minimum absolute atomic E-state index is 0.0424. The van der Waals surface area contributed by atoms with E-state index in [1.165, 1.54) is 0 Å². The van der Waals surface area contributed by atoms with Crippen LogP contribution in [0.2, 0.25) is 0 Å². The van der Waals surface area contributed by atoms with E-state index in [2.05, 4.69) is 20.6 Å². The Labute approximate surface area is 141 Å². The van der Waals surface area contributed by atoms with Gasteiger partial charge in [-0.25, -0.2) is 4.98 Å². The second-order valence-electron chi connectivity index (χ2n) is 5.60. The van der Waals surface area contributed by atoms with Crippen molar-refractivity contribution in [1.29, 1.82) is 0 Å². The Bertz CT molecular complexity index is 680. The van der Waals surface area contributed by atoms with Gasteiger partial charge in [-0.3, -0.25) is 4.79 Å². The van der Waals surface area contributed by atoms with Crippen LogP contribution in [-0.4, -0.2) is 51.9 Å². The molecule has 1 atom stereocenters. The summed E-state index contributed by atoms with van der Waals surface area (Å²) in [6, 6.07) is 3.63. The van der Waals surface area contributed by atoms with Crippen LogP contribution in [-0.2, 0) is 0 Å². The lowest BCUT2D eigenvalue weighted by molar-refractivity contribution is 0.0940. The Morgan fingerprint density at radius 1 is 1.38 bits per heavy atom. The van der Waals surface area contributed by atoms with Gasteiger partial charge in [0.05, 0.1) is 19.3 Å². The van der Waals surface area contributed by atoms with Crippen molar-refractivity contribution < 1.29 is 15.0 Å². The summed E-state index contributed by atoms with van der Waals surface area (Å²) in [5.41, 5.74) is 3.26. The molecule has 2 heterocycles. The van der Waals surface area contributed by atoms with Crippen LogP contribution in [0.25, 0.3) is 11.1 Å². The summed E-state index contributed by atoms with van der Waals surface area (Å²) in [5.74, 6) is 0.427. The van der Waals surface area contributed by atoms with E-state index in [1.807, 2.05) is 19.9 Å². The monoisotopic (exact) mass is 332 g/mol. The highest BCUT2D eigenvalue weighted by molar-refractivity contribution is 5.94. The van der Waals surface area contributed by atoms with Crippen molar-refractivity contribution in [3.8, 4) is 11.1 Å². The molecule has 2 aromatic heterocycles. The van der Waals surface area contributed by atoms with Crippen molar-refractivity contribution in [2.75, 3.05) is 25.1 Å². The van der Waals surface area contributed by atoms with E-state index in [-0.39, 0.29) is 31.7 Å². The number of amides is 1. The highest BCUT2D eigenvalue weighted by atomic mass is 16.3. The first-order chi connectivity index (χ1) is 11.6.